The number of piperidine rings is 1. The summed E-state index contributed by atoms with van der Waals surface area (Å²) in [4.78, 5) is 33.7. The molecule has 9 heteroatoms. The van der Waals surface area contributed by atoms with Crippen molar-refractivity contribution in [2.75, 3.05) is 18.4 Å². The lowest BCUT2D eigenvalue weighted by Crippen LogP contribution is -2.46. The van der Waals surface area contributed by atoms with E-state index in [2.05, 4.69) is 15.3 Å². The van der Waals surface area contributed by atoms with Crippen LogP contribution in [0.4, 0.5) is 14.5 Å². The number of carbonyl (C=O) groups is 2. The lowest BCUT2D eigenvalue weighted by atomic mass is 10.0. The number of hydrogen-bond donors (Lipinski definition) is 2. The number of anilines is 1. The molecule has 2 N–H and O–H groups in total. The molecule has 156 valence electrons. The Balaban J connectivity index is 1.56. The van der Waals surface area contributed by atoms with E-state index in [9.17, 15) is 18.4 Å². The number of H-pyrrole nitrogens is 1. The fourth-order valence-corrected chi connectivity index (χ4v) is 3.80. The maximum absolute atomic E-state index is 13.3. The maximum atomic E-state index is 13.3. The molecule has 1 amide bonds. The standard InChI is InChI=1S/C20H24F2N4O3/c1-11(2)29-19(28)14-9-24-17-13(5-6-23-17)16(14)25-12-4-3-7-26(10-12)18(27)15-8-20(15,21)22/h5-6,9,11-12,15H,3-4,7-8,10H2,1-2H3,(H2,23,24,25)/t12-,15-/m1/s1. The van der Waals surface area contributed by atoms with Gasteiger partial charge in [0.15, 0.2) is 0 Å². The molecule has 2 aromatic rings. The van der Waals surface area contributed by atoms with Gasteiger partial charge in [-0.2, -0.15) is 0 Å². The van der Waals surface area contributed by atoms with E-state index in [-0.39, 0.29) is 18.6 Å². The number of halogens is 2. The second kappa shape index (κ2) is 7.27. The average Bonchev–Trinajstić information content (AvgIpc) is 3.07. The van der Waals surface area contributed by atoms with Crippen LogP contribution in [0.3, 0.4) is 0 Å². The number of fused-ring (bicyclic) bond motifs is 1. The van der Waals surface area contributed by atoms with Crippen LogP contribution in [0.25, 0.3) is 11.0 Å². The van der Waals surface area contributed by atoms with Crippen molar-refractivity contribution in [3.8, 4) is 0 Å². The second-order valence-corrected chi connectivity index (χ2v) is 8.03. The third-order valence-corrected chi connectivity index (χ3v) is 5.35. The van der Waals surface area contributed by atoms with Crippen molar-refractivity contribution in [2.24, 2.45) is 5.92 Å². The van der Waals surface area contributed by atoms with E-state index in [4.69, 9.17) is 4.74 Å². The SMILES string of the molecule is CC(C)OC(=O)c1cnc2[nH]ccc2c1N[C@@H]1CCCN(C(=O)[C@H]2CC2(F)F)C1. The minimum Gasteiger partial charge on any atom is -0.459 e. The zero-order valence-electron chi connectivity index (χ0n) is 16.4. The molecule has 7 nitrogen and oxygen atoms in total. The number of pyridine rings is 1. The van der Waals surface area contributed by atoms with Gasteiger partial charge in [-0.3, -0.25) is 4.79 Å². The van der Waals surface area contributed by atoms with Gasteiger partial charge in [0, 0.05) is 43.3 Å². The van der Waals surface area contributed by atoms with Gasteiger partial charge < -0.3 is 19.9 Å². The van der Waals surface area contributed by atoms with Crippen LogP contribution in [0.2, 0.25) is 0 Å². The molecule has 0 spiro atoms. The van der Waals surface area contributed by atoms with Gasteiger partial charge in [-0.25, -0.2) is 18.6 Å². The highest BCUT2D eigenvalue weighted by Crippen LogP contribution is 2.49. The number of nitrogens with zero attached hydrogens (tertiary/aromatic N) is 2. The number of nitrogens with one attached hydrogen (secondary N) is 2. The normalized spacial score (nSPS) is 23.3. The van der Waals surface area contributed by atoms with Crippen molar-refractivity contribution in [2.45, 2.75) is 51.2 Å². The van der Waals surface area contributed by atoms with Crippen LogP contribution in [-0.2, 0) is 9.53 Å². The fraction of sp³-hybridized carbons (Fsp3) is 0.550. The van der Waals surface area contributed by atoms with E-state index in [1.807, 2.05) is 6.07 Å². The molecule has 1 aliphatic heterocycles. The molecule has 0 bridgehead atoms. The summed E-state index contributed by atoms with van der Waals surface area (Å²) < 4.78 is 31.9. The average molecular weight is 406 g/mol. The summed E-state index contributed by atoms with van der Waals surface area (Å²) in [6.45, 7) is 4.33. The molecule has 2 atom stereocenters. The predicted molar refractivity (Wildman–Crippen MR) is 103 cm³/mol. The molecule has 0 radical (unpaired) electrons. The van der Waals surface area contributed by atoms with E-state index >= 15 is 0 Å². The zero-order chi connectivity index (χ0) is 20.8. The molecule has 1 aliphatic carbocycles. The van der Waals surface area contributed by atoms with Crippen LogP contribution in [0.1, 0.15) is 43.5 Å². The first-order chi connectivity index (χ1) is 13.8. The topological polar surface area (TPSA) is 87.3 Å². The number of alkyl halides is 2. The number of esters is 1. The van der Waals surface area contributed by atoms with E-state index in [1.165, 1.54) is 11.1 Å². The first-order valence-corrected chi connectivity index (χ1v) is 9.86. The lowest BCUT2D eigenvalue weighted by Gasteiger charge is -2.34. The van der Waals surface area contributed by atoms with Gasteiger partial charge in [0.1, 0.15) is 17.1 Å². The maximum Gasteiger partial charge on any atom is 0.342 e. The molecule has 1 saturated carbocycles. The molecule has 2 fully saturated rings. The van der Waals surface area contributed by atoms with E-state index < -0.39 is 23.7 Å². The number of amides is 1. The highest BCUT2D eigenvalue weighted by atomic mass is 19.3. The Hall–Kier alpha value is -2.71. The summed E-state index contributed by atoms with van der Waals surface area (Å²) in [6.07, 6.45) is 4.02. The Kier molecular flexibility index (Phi) is 4.92. The predicted octanol–water partition coefficient (Wildman–Crippen LogP) is 3.19. The number of likely N-dealkylation sites (tertiary alicyclic amines) is 1. The van der Waals surface area contributed by atoms with Crippen molar-refractivity contribution >= 4 is 28.6 Å². The van der Waals surface area contributed by atoms with Crippen molar-refractivity contribution in [1.29, 1.82) is 0 Å². The third kappa shape index (κ3) is 3.90. The van der Waals surface area contributed by atoms with Crippen molar-refractivity contribution in [1.82, 2.24) is 14.9 Å². The van der Waals surface area contributed by atoms with Gasteiger partial charge in [-0.1, -0.05) is 0 Å². The van der Waals surface area contributed by atoms with Gasteiger partial charge in [-0.15, -0.1) is 0 Å². The molecule has 2 aliphatic rings. The lowest BCUT2D eigenvalue weighted by molar-refractivity contribution is -0.135. The summed E-state index contributed by atoms with van der Waals surface area (Å²) in [6, 6.07) is 1.65. The zero-order valence-corrected chi connectivity index (χ0v) is 16.4. The van der Waals surface area contributed by atoms with Gasteiger partial charge in [0.05, 0.1) is 11.8 Å². The van der Waals surface area contributed by atoms with E-state index in [0.717, 1.165) is 11.8 Å². The molecule has 4 rings (SSSR count). The van der Waals surface area contributed by atoms with Crippen molar-refractivity contribution in [3.63, 3.8) is 0 Å². The minimum absolute atomic E-state index is 0.161. The summed E-state index contributed by atoms with van der Waals surface area (Å²) in [7, 11) is 0. The van der Waals surface area contributed by atoms with Crippen LogP contribution in [0, 0.1) is 5.92 Å². The monoisotopic (exact) mass is 406 g/mol. The molecular weight excluding hydrogens is 382 g/mol. The van der Waals surface area contributed by atoms with Gasteiger partial charge in [0.25, 0.3) is 5.92 Å². The van der Waals surface area contributed by atoms with Crippen LogP contribution in [0.15, 0.2) is 18.5 Å². The molecule has 29 heavy (non-hydrogen) atoms. The minimum atomic E-state index is -2.87. The number of hydrogen-bond acceptors (Lipinski definition) is 5. The Bertz CT molecular complexity index is 943. The van der Waals surface area contributed by atoms with Crippen LogP contribution in [-0.4, -0.2) is 57.9 Å². The van der Waals surface area contributed by atoms with Crippen LogP contribution >= 0.6 is 0 Å². The number of rotatable bonds is 5. The third-order valence-electron chi connectivity index (χ3n) is 5.35. The Morgan fingerprint density at radius 2 is 2.17 bits per heavy atom. The molecule has 1 saturated heterocycles. The number of ether oxygens (including phenoxy) is 1. The summed E-state index contributed by atoms with van der Waals surface area (Å²) >= 11 is 0. The molecule has 3 heterocycles. The van der Waals surface area contributed by atoms with Crippen LogP contribution in [0.5, 0.6) is 0 Å². The van der Waals surface area contributed by atoms with Gasteiger partial charge >= 0.3 is 5.97 Å². The van der Waals surface area contributed by atoms with Crippen LogP contribution < -0.4 is 5.32 Å². The smallest absolute Gasteiger partial charge is 0.342 e. The first kappa shape index (κ1) is 19.6. The summed E-state index contributed by atoms with van der Waals surface area (Å²) in [5.41, 5.74) is 1.51. The molecular formula is C20H24F2N4O3. The summed E-state index contributed by atoms with van der Waals surface area (Å²) in [5.74, 6) is -5.02. The molecule has 2 aromatic heterocycles. The van der Waals surface area contributed by atoms with Gasteiger partial charge in [-0.05, 0) is 32.8 Å². The first-order valence-electron chi connectivity index (χ1n) is 9.86. The Morgan fingerprint density at radius 1 is 1.41 bits per heavy atom. The van der Waals surface area contributed by atoms with Crippen molar-refractivity contribution in [3.05, 3.63) is 24.0 Å². The number of carbonyl (C=O) groups excluding carboxylic acids is 2. The number of aromatic nitrogens is 2. The number of aromatic amines is 1. The van der Waals surface area contributed by atoms with E-state index in [0.29, 0.717) is 36.4 Å². The van der Waals surface area contributed by atoms with Crippen molar-refractivity contribution < 1.29 is 23.1 Å². The largest absolute Gasteiger partial charge is 0.459 e. The molecule has 0 aromatic carbocycles. The summed E-state index contributed by atoms with van der Waals surface area (Å²) in [5, 5.41) is 4.09. The van der Waals surface area contributed by atoms with E-state index in [1.54, 1.807) is 20.0 Å². The second-order valence-electron chi connectivity index (χ2n) is 8.03. The molecule has 0 unspecified atom stereocenters. The fourth-order valence-electron chi connectivity index (χ4n) is 3.80. The highest BCUT2D eigenvalue weighted by Gasteiger charge is 2.62. The van der Waals surface area contributed by atoms with Gasteiger partial charge in [0.2, 0.25) is 5.91 Å². The Labute approximate surface area is 166 Å². The highest BCUT2D eigenvalue weighted by molar-refractivity contribution is 6.04. The quantitative estimate of drug-likeness (QED) is 0.745. The Morgan fingerprint density at radius 3 is 2.86 bits per heavy atom.